The van der Waals surface area contributed by atoms with E-state index in [2.05, 4.69) is 11.0 Å². The van der Waals surface area contributed by atoms with Crippen LogP contribution < -0.4 is 15.2 Å². The van der Waals surface area contributed by atoms with Crippen molar-refractivity contribution in [3.05, 3.63) is 39.7 Å². The molecular weight excluding hydrogens is 260 g/mol. The summed E-state index contributed by atoms with van der Waals surface area (Å²) in [5.41, 5.74) is 2.05. The highest BCUT2D eigenvalue weighted by Crippen LogP contribution is 2.12. The fraction of sp³-hybridized carbons (Fsp3) is 0.154. The van der Waals surface area contributed by atoms with Gasteiger partial charge in [0.15, 0.2) is 10.5 Å². The van der Waals surface area contributed by atoms with Crippen molar-refractivity contribution in [1.29, 1.82) is 5.41 Å². The monoisotopic (exact) mass is 271 g/mol. The van der Waals surface area contributed by atoms with Gasteiger partial charge in [-0.05, 0) is 24.3 Å². The summed E-state index contributed by atoms with van der Waals surface area (Å²) in [5, 5.41) is 12.5. The summed E-state index contributed by atoms with van der Waals surface area (Å²) in [4.78, 5) is 12.5. The first-order valence-electron chi connectivity index (χ1n) is 5.66. The van der Waals surface area contributed by atoms with E-state index in [0.717, 1.165) is 11.0 Å². The largest absolute Gasteiger partial charge is 0.357 e. The molecule has 0 saturated carbocycles. The van der Waals surface area contributed by atoms with Crippen LogP contribution in [0.25, 0.3) is 16.7 Å². The molecule has 3 rings (SSSR count). The standard InChI is InChI=1S/C13H11N4OS/c1-16-9-5-3-4-6-10(9)17-13(16)11(18)8(7-14)12(15-17)19-2/h3-6,14H,1-2H3/q+1. The van der Waals surface area contributed by atoms with Gasteiger partial charge in [-0.3, -0.25) is 10.2 Å². The highest BCUT2D eigenvalue weighted by molar-refractivity contribution is 7.98. The summed E-state index contributed by atoms with van der Waals surface area (Å²) in [6.45, 7) is 0. The van der Waals surface area contributed by atoms with Crippen molar-refractivity contribution in [3.63, 3.8) is 0 Å². The quantitative estimate of drug-likeness (QED) is 0.386. The molecule has 6 heteroatoms. The lowest BCUT2D eigenvalue weighted by atomic mass is 10.3. The highest BCUT2D eigenvalue weighted by Gasteiger charge is 2.23. The minimum absolute atomic E-state index is 0.215. The van der Waals surface area contributed by atoms with Crippen LogP contribution in [0.3, 0.4) is 0 Å². The van der Waals surface area contributed by atoms with Crippen molar-refractivity contribution in [2.24, 2.45) is 7.05 Å². The highest BCUT2D eigenvalue weighted by atomic mass is 32.2. The molecule has 2 heterocycles. The van der Waals surface area contributed by atoms with Crippen molar-refractivity contribution >= 4 is 34.3 Å². The molecule has 0 bridgehead atoms. The van der Waals surface area contributed by atoms with E-state index in [0.29, 0.717) is 10.7 Å². The predicted octanol–water partition coefficient (Wildman–Crippen LogP) is 0.0331. The zero-order valence-corrected chi connectivity index (χ0v) is 11.3. The number of thioether (sulfide) groups is 1. The van der Waals surface area contributed by atoms with Crippen molar-refractivity contribution in [1.82, 2.24) is 9.61 Å². The Hall–Kier alpha value is -2.17. The average molecular weight is 271 g/mol. The Morgan fingerprint density at radius 2 is 2.16 bits per heavy atom. The van der Waals surface area contributed by atoms with E-state index in [1.165, 1.54) is 11.8 Å². The van der Waals surface area contributed by atoms with Crippen LogP contribution in [0.1, 0.15) is 0 Å². The van der Waals surface area contributed by atoms with Gasteiger partial charge in [-0.1, -0.05) is 21.7 Å². The molecule has 0 aliphatic heterocycles. The van der Waals surface area contributed by atoms with E-state index < -0.39 is 0 Å². The Bertz CT molecular complexity index is 941. The maximum atomic E-state index is 12.5. The number of aryl methyl sites for hydroxylation is 1. The van der Waals surface area contributed by atoms with Crippen LogP contribution in [0.4, 0.5) is 0 Å². The average Bonchev–Trinajstić information content (AvgIpc) is 2.73. The van der Waals surface area contributed by atoms with Crippen LogP contribution in [0.2, 0.25) is 0 Å². The van der Waals surface area contributed by atoms with Gasteiger partial charge in [-0.25, -0.2) is 4.57 Å². The number of nitrogens with one attached hydrogen (secondary N) is 1. The minimum atomic E-state index is -0.215. The molecule has 0 saturated heterocycles. The van der Waals surface area contributed by atoms with E-state index in [-0.39, 0.29) is 10.6 Å². The third kappa shape index (κ3) is 1.51. The number of fused-ring (bicyclic) bond motifs is 3. The normalized spacial score (nSPS) is 11.1. The molecule has 2 aromatic heterocycles. The van der Waals surface area contributed by atoms with Gasteiger partial charge in [0.2, 0.25) is 5.52 Å². The van der Waals surface area contributed by atoms with Crippen molar-refractivity contribution in [2.75, 3.05) is 6.26 Å². The van der Waals surface area contributed by atoms with Crippen LogP contribution in [0.15, 0.2) is 34.1 Å². The van der Waals surface area contributed by atoms with E-state index >= 15 is 0 Å². The number of benzene rings is 1. The fourth-order valence-electron chi connectivity index (χ4n) is 2.25. The second-order valence-corrected chi connectivity index (χ2v) is 4.92. The Morgan fingerprint density at radius 1 is 1.42 bits per heavy atom. The number of hydrogen-bond acceptors (Lipinski definition) is 4. The second kappa shape index (κ2) is 4.19. The summed E-state index contributed by atoms with van der Waals surface area (Å²) in [6, 6.07) is 7.70. The number of aromatic nitrogens is 3. The summed E-state index contributed by atoms with van der Waals surface area (Å²) in [5.74, 6) is 2.21. The van der Waals surface area contributed by atoms with Gasteiger partial charge < -0.3 is 0 Å². The number of para-hydroxylation sites is 2. The van der Waals surface area contributed by atoms with Gasteiger partial charge in [-0.15, -0.1) is 11.8 Å². The summed E-state index contributed by atoms with van der Waals surface area (Å²) in [6.07, 6.45) is 1.83. The van der Waals surface area contributed by atoms with Gasteiger partial charge >= 0.3 is 5.65 Å². The Balaban J connectivity index is 2.73. The van der Waals surface area contributed by atoms with Crippen LogP contribution in [-0.4, -0.2) is 21.7 Å². The zero-order valence-electron chi connectivity index (χ0n) is 10.5. The van der Waals surface area contributed by atoms with E-state index in [4.69, 9.17) is 5.41 Å². The van der Waals surface area contributed by atoms with Gasteiger partial charge in [0.1, 0.15) is 5.22 Å². The molecule has 5 nitrogen and oxygen atoms in total. The summed E-state index contributed by atoms with van der Waals surface area (Å²) in [7, 11) is 1.83. The maximum Gasteiger partial charge on any atom is 0.357 e. The smallest absolute Gasteiger partial charge is 0.279 e. The SMILES string of the molecule is CSc1nn2c3ccccc3[n+](C)c2c(=O)c1=C=N. The van der Waals surface area contributed by atoms with Crippen molar-refractivity contribution in [3.8, 4) is 0 Å². The Kier molecular flexibility index (Phi) is 2.62. The van der Waals surface area contributed by atoms with Crippen LogP contribution >= 0.6 is 11.8 Å². The lowest BCUT2D eigenvalue weighted by Crippen LogP contribution is -2.40. The molecule has 1 N–H and O–H groups in total. The second-order valence-electron chi connectivity index (χ2n) is 4.12. The minimum Gasteiger partial charge on any atom is -0.279 e. The van der Waals surface area contributed by atoms with Gasteiger partial charge in [0.05, 0.1) is 7.05 Å². The lowest BCUT2D eigenvalue weighted by Gasteiger charge is -1.92. The Morgan fingerprint density at radius 3 is 2.84 bits per heavy atom. The molecule has 0 radical (unpaired) electrons. The van der Waals surface area contributed by atoms with E-state index in [9.17, 15) is 4.79 Å². The van der Waals surface area contributed by atoms with Crippen molar-refractivity contribution in [2.45, 2.75) is 5.03 Å². The molecule has 0 atom stereocenters. The van der Waals surface area contributed by atoms with Crippen LogP contribution in [0, 0.1) is 5.41 Å². The molecule has 1 aromatic carbocycles. The third-order valence-electron chi connectivity index (χ3n) is 3.14. The lowest BCUT2D eigenvalue weighted by molar-refractivity contribution is -0.619. The summed E-state index contributed by atoms with van der Waals surface area (Å²) < 4.78 is 3.44. The molecule has 0 spiro atoms. The topological polar surface area (TPSA) is 62.1 Å². The van der Waals surface area contributed by atoms with Crippen LogP contribution in [0.5, 0.6) is 0 Å². The molecule has 3 aromatic rings. The van der Waals surface area contributed by atoms with Crippen LogP contribution in [-0.2, 0) is 7.05 Å². The molecule has 0 amide bonds. The first-order chi connectivity index (χ1) is 9.19. The van der Waals surface area contributed by atoms with E-state index in [1.807, 2.05) is 37.6 Å². The first kappa shape index (κ1) is 11.9. The number of hydrogen-bond donors (Lipinski definition) is 1. The Labute approximate surface area is 112 Å². The molecule has 0 fully saturated rings. The fourth-order valence-corrected chi connectivity index (χ4v) is 2.76. The molecule has 19 heavy (non-hydrogen) atoms. The predicted molar refractivity (Wildman–Crippen MR) is 74.0 cm³/mol. The molecule has 0 aliphatic rings. The van der Waals surface area contributed by atoms with Gasteiger partial charge in [0.25, 0.3) is 5.43 Å². The van der Waals surface area contributed by atoms with Gasteiger partial charge in [-0.2, -0.15) is 0 Å². The van der Waals surface area contributed by atoms with E-state index in [1.54, 1.807) is 9.08 Å². The van der Waals surface area contributed by atoms with Gasteiger partial charge in [0, 0.05) is 0 Å². The molecular formula is C13H11N4OS+. The third-order valence-corrected chi connectivity index (χ3v) is 3.82. The number of rotatable bonds is 1. The molecule has 0 unspecified atom stereocenters. The zero-order chi connectivity index (χ0) is 13.6. The first-order valence-corrected chi connectivity index (χ1v) is 6.88. The summed E-state index contributed by atoms with van der Waals surface area (Å²) >= 11 is 1.34. The van der Waals surface area contributed by atoms with Crippen molar-refractivity contribution < 1.29 is 4.57 Å². The number of nitrogens with zero attached hydrogens (tertiary/aromatic N) is 3. The molecule has 0 aliphatic carbocycles. The maximum absolute atomic E-state index is 12.5. The number of imidazole rings is 1. The molecule has 94 valence electrons.